The van der Waals surface area contributed by atoms with Gasteiger partial charge in [0, 0.05) is 35.0 Å². The molecule has 5 nitrogen and oxygen atoms in total. The van der Waals surface area contributed by atoms with Crippen LogP contribution in [0.4, 0.5) is 15.8 Å². The maximum absolute atomic E-state index is 13.7. The average molecular weight is 393 g/mol. The minimum atomic E-state index is -0.377. The Bertz CT molecular complexity index is 1120. The Hall–Kier alpha value is -3.19. The molecule has 0 spiro atoms. The molecule has 0 atom stereocenters. The number of nitrogens with zero attached hydrogens (tertiary/aromatic N) is 2. The van der Waals surface area contributed by atoms with Gasteiger partial charge in [-0.05, 0) is 49.4 Å². The van der Waals surface area contributed by atoms with Crippen LogP contribution in [-0.2, 0) is 0 Å². The van der Waals surface area contributed by atoms with Gasteiger partial charge in [-0.15, -0.1) is 0 Å². The second kappa shape index (κ2) is 7.09. The highest BCUT2D eigenvalue weighted by Gasteiger charge is 2.26. The predicted molar refractivity (Wildman–Crippen MR) is 107 cm³/mol. The molecule has 2 amide bonds. The summed E-state index contributed by atoms with van der Waals surface area (Å²) in [7, 11) is 1.69. The fourth-order valence-corrected chi connectivity index (χ4v) is 4.06. The van der Waals surface area contributed by atoms with Gasteiger partial charge in [-0.25, -0.2) is 9.37 Å². The van der Waals surface area contributed by atoms with Gasteiger partial charge in [0.1, 0.15) is 10.8 Å². The minimum Gasteiger partial charge on any atom is -0.322 e. The van der Waals surface area contributed by atoms with Gasteiger partial charge in [-0.1, -0.05) is 17.8 Å². The van der Waals surface area contributed by atoms with Crippen molar-refractivity contribution in [2.24, 2.45) is 0 Å². The average Bonchev–Trinajstić information content (AvgIpc) is 2.80. The van der Waals surface area contributed by atoms with Crippen molar-refractivity contribution >= 4 is 35.0 Å². The number of rotatable bonds is 2. The van der Waals surface area contributed by atoms with Crippen molar-refractivity contribution in [3.05, 3.63) is 77.2 Å². The lowest BCUT2D eigenvalue weighted by Gasteiger charge is -2.18. The molecule has 2 aromatic carbocycles. The van der Waals surface area contributed by atoms with Gasteiger partial charge in [-0.3, -0.25) is 9.59 Å². The summed E-state index contributed by atoms with van der Waals surface area (Å²) in [5.41, 5.74) is 2.43. The van der Waals surface area contributed by atoms with Gasteiger partial charge in [-0.2, -0.15) is 0 Å². The summed E-state index contributed by atoms with van der Waals surface area (Å²) in [6.45, 7) is 1.61. The first-order chi connectivity index (χ1) is 13.5. The van der Waals surface area contributed by atoms with E-state index in [2.05, 4.69) is 10.3 Å². The van der Waals surface area contributed by atoms with Crippen LogP contribution in [0.25, 0.3) is 0 Å². The van der Waals surface area contributed by atoms with E-state index >= 15 is 0 Å². The van der Waals surface area contributed by atoms with Gasteiger partial charge in [0.15, 0.2) is 0 Å². The second-order valence-corrected chi connectivity index (χ2v) is 7.40. The quantitative estimate of drug-likeness (QED) is 0.695. The number of anilines is 2. The number of aromatic nitrogens is 1. The molecular formula is C21H16FN3O2S. The van der Waals surface area contributed by atoms with Crippen LogP contribution in [0.15, 0.2) is 64.6 Å². The third-order valence-electron chi connectivity index (χ3n) is 4.61. The molecule has 0 saturated heterocycles. The Morgan fingerprint density at radius 2 is 2.00 bits per heavy atom. The molecule has 1 aliphatic rings. The molecule has 28 heavy (non-hydrogen) atoms. The summed E-state index contributed by atoms with van der Waals surface area (Å²) in [5, 5.41) is 3.34. The summed E-state index contributed by atoms with van der Waals surface area (Å²) >= 11 is 1.34. The van der Waals surface area contributed by atoms with Crippen molar-refractivity contribution in [3.63, 3.8) is 0 Å². The number of fused-ring (bicyclic) bond motifs is 2. The number of halogens is 1. The number of hydrogen-bond donors (Lipinski definition) is 1. The van der Waals surface area contributed by atoms with Crippen molar-refractivity contribution in [2.75, 3.05) is 17.3 Å². The zero-order valence-corrected chi connectivity index (χ0v) is 16.0. The second-order valence-electron chi connectivity index (χ2n) is 6.37. The SMILES string of the molecule is Cc1c(F)cccc1NC(=O)c1ccc2c(c1)Sc1ncccc1C(=O)N2C. The summed E-state index contributed by atoms with van der Waals surface area (Å²) in [4.78, 5) is 32.0. The molecule has 140 valence electrons. The molecule has 2 heterocycles. The summed E-state index contributed by atoms with van der Waals surface area (Å²) in [5.74, 6) is -0.878. The number of nitrogens with one attached hydrogen (secondary N) is 1. The molecule has 0 unspecified atom stereocenters. The summed E-state index contributed by atoms with van der Waals surface area (Å²) < 4.78 is 13.7. The van der Waals surface area contributed by atoms with Crippen LogP contribution in [0.1, 0.15) is 26.3 Å². The van der Waals surface area contributed by atoms with Crippen molar-refractivity contribution in [2.45, 2.75) is 16.8 Å². The largest absolute Gasteiger partial charge is 0.322 e. The smallest absolute Gasteiger partial charge is 0.260 e. The minimum absolute atomic E-state index is 0.151. The highest BCUT2D eigenvalue weighted by Crippen LogP contribution is 2.40. The molecule has 1 aliphatic heterocycles. The summed E-state index contributed by atoms with van der Waals surface area (Å²) in [6, 6.07) is 13.1. The number of pyridine rings is 1. The van der Waals surface area contributed by atoms with Crippen molar-refractivity contribution < 1.29 is 14.0 Å². The molecule has 7 heteroatoms. The van der Waals surface area contributed by atoms with Crippen LogP contribution < -0.4 is 10.2 Å². The van der Waals surface area contributed by atoms with Gasteiger partial charge >= 0.3 is 0 Å². The summed E-state index contributed by atoms with van der Waals surface area (Å²) in [6.07, 6.45) is 1.63. The van der Waals surface area contributed by atoms with Crippen molar-refractivity contribution in [1.82, 2.24) is 4.98 Å². The van der Waals surface area contributed by atoms with E-state index < -0.39 is 0 Å². The van der Waals surface area contributed by atoms with E-state index in [1.807, 2.05) is 0 Å². The zero-order valence-electron chi connectivity index (χ0n) is 15.2. The fraction of sp³-hybridized carbons (Fsp3) is 0.0952. The van der Waals surface area contributed by atoms with Crippen LogP contribution in [0, 0.1) is 12.7 Å². The number of carbonyl (C=O) groups is 2. The lowest BCUT2D eigenvalue weighted by Crippen LogP contribution is -2.26. The van der Waals surface area contributed by atoms with Crippen molar-refractivity contribution in [3.8, 4) is 0 Å². The third-order valence-corrected chi connectivity index (χ3v) is 5.68. The first-order valence-electron chi connectivity index (χ1n) is 8.57. The van der Waals surface area contributed by atoms with Crippen LogP contribution in [0.3, 0.4) is 0 Å². The van der Waals surface area contributed by atoms with Crippen LogP contribution >= 0.6 is 11.8 Å². The van der Waals surface area contributed by atoms with Crippen LogP contribution in [-0.4, -0.2) is 23.8 Å². The molecule has 3 aromatic rings. The molecule has 0 aliphatic carbocycles. The van der Waals surface area contributed by atoms with Gasteiger partial charge < -0.3 is 10.2 Å². The van der Waals surface area contributed by atoms with Gasteiger partial charge in [0.2, 0.25) is 0 Å². The Balaban J connectivity index is 1.69. The highest BCUT2D eigenvalue weighted by molar-refractivity contribution is 7.99. The van der Waals surface area contributed by atoms with E-state index in [9.17, 15) is 14.0 Å². The predicted octanol–water partition coefficient (Wildman–Crippen LogP) is 4.52. The lowest BCUT2D eigenvalue weighted by atomic mass is 10.1. The van der Waals surface area contributed by atoms with E-state index in [0.29, 0.717) is 33.1 Å². The Morgan fingerprint density at radius 1 is 1.18 bits per heavy atom. The molecule has 0 saturated carbocycles. The Kier molecular flexibility index (Phi) is 4.60. The maximum Gasteiger partial charge on any atom is 0.260 e. The van der Waals surface area contributed by atoms with E-state index in [1.54, 1.807) is 67.5 Å². The van der Waals surface area contributed by atoms with E-state index in [1.165, 1.54) is 17.8 Å². The molecular weight excluding hydrogens is 377 g/mol. The number of benzene rings is 2. The normalized spacial score (nSPS) is 12.8. The number of carbonyl (C=O) groups excluding carboxylic acids is 2. The number of amides is 2. The zero-order chi connectivity index (χ0) is 19.8. The van der Waals surface area contributed by atoms with Gasteiger partial charge in [0.25, 0.3) is 11.8 Å². The molecule has 0 bridgehead atoms. The first kappa shape index (κ1) is 18.2. The maximum atomic E-state index is 13.7. The molecule has 4 rings (SSSR count). The van der Waals surface area contributed by atoms with Crippen LogP contribution in [0.2, 0.25) is 0 Å². The highest BCUT2D eigenvalue weighted by atomic mass is 32.2. The van der Waals surface area contributed by atoms with E-state index in [0.717, 1.165) is 4.90 Å². The monoisotopic (exact) mass is 393 g/mol. The van der Waals surface area contributed by atoms with Crippen LogP contribution in [0.5, 0.6) is 0 Å². The van der Waals surface area contributed by atoms with Gasteiger partial charge in [0.05, 0.1) is 11.3 Å². The molecule has 1 N–H and O–H groups in total. The molecule has 0 radical (unpaired) electrons. The standard InChI is InChI=1S/C21H16FN3O2S/c1-12-15(22)6-3-7-16(12)24-19(26)13-8-9-17-18(11-13)28-20-14(5-4-10-23-20)21(27)25(17)2/h3-11H,1-2H3,(H,24,26). The van der Waals surface area contributed by atoms with Crippen molar-refractivity contribution in [1.29, 1.82) is 0 Å². The fourth-order valence-electron chi connectivity index (χ4n) is 2.98. The molecule has 1 aromatic heterocycles. The molecule has 0 fully saturated rings. The lowest BCUT2D eigenvalue weighted by molar-refractivity contribution is 0.0988. The van der Waals surface area contributed by atoms with E-state index in [-0.39, 0.29) is 17.6 Å². The topological polar surface area (TPSA) is 62.3 Å². The Morgan fingerprint density at radius 3 is 2.82 bits per heavy atom. The Labute approximate surface area is 165 Å². The first-order valence-corrected chi connectivity index (χ1v) is 9.39. The third kappa shape index (κ3) is 3.14. The van der Waals surface area contributed by atoms with E-state index in [4.69, 9.17) is 0 Å². The number of hydrogen-bond acceptors (Lipinski definition) is 4.